The number of hydrogen-bond acceptors (Lipinski definition) is 7. The highest BCUT2D eigenvalue weighted by Crippen LogP contribution is 2.57. The number of aryl methyl sites for hydroxylation is 1. The lowest BCUT2D eigenvalue weighted by Gasteiger charge is -2.61. The van der Waals surface area contributed by atoms with E-state index in [1.807, 2.05) is 13.8 Å². The Morgan fingerprint density at radius 3 is 2.54 bits per heavy atom. The van der Waals surface area contributed by atoms with E-state index in [1.165, 1.54) is 17.8 Å². The second-order valence-electron chi connectivity index (χ2n) is 9.63. The number of alkyl carbamates (subject to hydrolysis) is 1. The van der Waals surface area contributed by atoms with Crippen LogP contribution in [0.1, 0.15) is 68.1 Å². The van der Waals surface area contributed by atoms with Crippen LogP contribution in [0.4, 0.5) is 19.4 Å². The number of H-pyrrole nitrogens is 1. The summed E-state index contributed by atoms with van der Waals surface area (Å²) < 4.78 is 42.0. The van der Waals surface area contributed by atoms with Gasteiger partial charge in [0.15, 0.2) is 12.4 Å². The minimum atomic E-state index is -2.64. The molecule has 2 aromatic rings. The number of carbonyl (C=O) groups is 2. The predicted molar refractivity (Wildman–Crippen MR) is 129 cm³/mol. The van der Waals surface area contributed by atoms with Crippen LogP contribution in [0.5, 0.6) is 5.88 Å². The van der Waals surface area contributed by atoms with E-state index in [4.69, 9.17) is 14.2 Å². The summed E-state index contributed by atoms with van der Waals surface area (Å²) in [5.74, 6) is 0.462. The molecule has 0 spiro atoms. The third-order valence-corrected chi connectivity index (χ3v) is 7.14. The summed E-state index contributed by atoms with van der Waals surface area (Å²) in [5.41, 5.74) is 0.851. The van der Waals surface area contributed by atoms with Crippen LogP contribution < -0.4 is 15.4 Å². The van der Waals surface area contributed by atoms with Crippen molar-refractivity contribution in [2.24, 2.45) is 13.0 Å². The van der Waals surface area contributed by atoms with Crippen LogP contribution in [0, 0.1) is 5.92 Å². The fraction of sp³-hybridized carbons (Fsp3) is 0.667. The van der Waals surface area contributed by atoms with E-state index in [0.717, 1.165) is 30.9 Å². The first-order valence-corrected chi connectivity index (χ1v) is 12.6. The molecule has 2 aromatic heterocycles. The first kappa shape index (κ1) is 26.8. The van der Waals surface area contributed by atoms with Crippen molar-refractivity contribution in [2.45, 2.75) is 76.0 Å². The summed E-state index contributed by atoms with van der Waals surface area (Å²) in [6.07, 6.45) is 0.616. The smallest absolute Gasteiger partial charge is 0.407 e. The van der Waals surface area contributed by atoms with Crippen molar-refractivity contribution >= 4 is 17.8 Å². The Morgan fingerprint density at radius 2 is 1.92 bits per heavy atom. The topological polar surface area (TPSA) is 132 Å². The lowest BCUT2D eigenvalue weighted by molar-refractivity contribution is -0.0586. The average molecular weight is 525 g/mol. The number of methoxy groups -OCH3 is 1. The molecule has 0 radical (unpaired) electrons. The van der Waals surface area contributed by atoms with E-state index in [-0.39, 0.29) is 35.2 Å². The number of anilines is 1. The highest BCUT2D eigenvalue weighted by atomic mass is 19.3. The molecule has 0 saturated heterocycles. The third-order valence-electron chi connectivity index (χ3n) is 7.14. The number of hydrogen-bond donors (Lipinski definition) is 3. The molecule has 2 bridgehead atoms. The van der Waals surface area contributed by atoms with Crippen molar-refractivity contribution < 1.29 is 32.6 Å². The lowest BCUT2D eigenvalue weighted by Crippen LogP contribution is -2.68. The Bertz CT molecular complexity index is 1090. The van der Waals surface area contributed by atoms with E-state index >= 15 is 0 Å². The van der Waals surface area contributed by atoms with Crippen LogP contribution in [0.2, 0.25) is 0 Å². The van der Waals surface area contributed by atoms with Gasteiger partial charge in [-0.25, -0.2) is 13.6 Å². The van der Waals surface area contributed by atoms with Gasteiger partial charge in [0, 0.05) is 43.4 Å². The minimum Gasteiger partial charge on any atom is -0.471 e. The number of ether oxygens (including phenoxy) is 3. The van der Waals surface area contributed by atoms with E-state index in [0.29, 0.717) is 18.7 Å². The standard InChI is InChI=1S/C22H28F2N6O5.C2H6/c1-30-14(6-19(29-30)34-10-17(23)24)20(31)25-18-5-13(27-28-18)12-3-15(33-2)16(4-12)35-21(32)26-22-7-11(8-22)9-22;1-2/h5-6,11-12,15-17H,3-4,7-10H2,1-2H3,(H,26,32)(H2,25,27,28,31);1-2H3. The van der Waals surface area contributed by atoms with Crippen molar-refractivity contribution in [2.75, 3.05) is 19.0 Å². The average Bonchev–Trinajstić information content (AvgIpc) is 3.54. The molecule has 4 saturated carbocycles. The molecule has 11 nitrogen and oxygen atoms in total. The maximum absolute atomic E-state index is 12.6. The van der Waals surface area contributed by atoms with Gasteiger partial charge in [-0.15, -0.1) is 5.10 Å². The molecule has 37 heavy (non-hydrogen) atoms. The van der Waals surface area contributed by atoms with Gasteiger partial charge in [-0.05, 0) is 38.0 Å². The molecule has 4 fully saturated rings. The SMILES string of the molecule is CC.COC1CC(c2cc(NC(=O)c3cc(OCC(F)F)nn3C)n[nH]2)CC1OC(=O)NC12CC(C1)C2. The second-order valence-corrected chi connectivity index (χ2v) is 9.63. The number of halogens is 2. The summed E-state index contributed by atoms with van der Waals surface area (Å²) in [6, 6.07) is 3.00. The number of aromatic amines is 1. The third kappa shape index (κ3) is 5.86. The van der Waals surface area contributed by atoms with Crippen molar-refractivity contribution in [1.82, 2.24) is 25.3 Å². The number of amides is 2. The molecule has 2 heterocycles. The Hall–Kier alpha value is -3.22. The Kier molecular flexibility index (Phi) is 8.00. The van der Waals surface area contributed by atoms with Crippen LogP contribution in [0.25, 0.3) is 0 Å². The molecule has 4 aliphatic carbocycles. The van der Waals surface area contributed by atoms with Crippen LogP contribution in [0.3, 0.4) is 0 Å². The zero-order valence-electron chi connectivity index (χ0n) is 21.4. The van der Waals surface area contributed by atoms with Crippen LogP contribution in [-0.4, -0.2) is 69.9 Å². The Morgan fingerprint density at radius 1 is 1.22 bits per heavy atom. The van der Waals surface area contributed by atoms with Gasteiger partial charge in [0.1, 0.15) is 11.8 Å². The van der Waals surface area contributed by atoms with Crippen LogP contribution >= 0.6 is 0 Å². The maximum Gasteiger partial charge on any atom is 0.407 e. The fourth-order valence-electron chi connectivity index (χ4n) is 5.26. The molecular weight excluding hydrogens is 490 g/mol. The van der Waals surface area contributed by atoms with Gasteiger partial charge in [0.05, 0.1) is 6.10 Å². The van der Waals surface area contributed by atoms with Gasteiger partial charge in [0.2, 0.25) is 5.88 Å². The highest BCUT2D eigenvalue weighted by molar-refractivity contribution is 6.02. The van der Waals surface area contributed by atoms with Gasteiger partial charge >= 0.3 is 6.09 Å². The summed E-state index contributed by atoms with van der Waals surface area (Å²) in [6.45, 7) is 3.19. The first-order valence-electron chi connectivity index (χ1n) is 12.6. The molecule has 204 valence electrons. The van der Waals surface area contributed by atoms with E-state index < -0.39 is 25.0 Å². The molecule has 3 unspecified atom stereocenters. The second kappa shape index (κ2) is 11.0. The summed E-state index contributed by atoms with van der Waals surface area (Å²) >= 11 is 0. The van der Waals surface area contributed by atoms with Gasteiger partial charge < -0.3 is 24.8 Å². The van der Waals surface area contributed by atoms with Gasteiger partial charge in [-0.3, -0.25) is 14.6 Å². The minimum absolute atomic E-state index is 0.00287. The van der Waals surface area contributed by atoms with Gasteiger partial charge in [-0.1, -0.05) is 13.8 Å². The van der Waals surface area contributed by atoms with Gasteiger partial charge in [-0.2, -0.15) is 5.10 Å². The Balaban J connectivity index is 0.00000156. The predicted octanol–water partition coefficient (Wildman–Crippen LogP) is 3.61. The van der Waals surface area contributed by atoms with Crippen LogP contribution in [0.15, 0.2) is 12.1 Å². The normalized spacial score (nSPS) is 27.4. The number of carbonyl (C=O) groups excluding carboxylic acids is 2. The monoisotopic (exact) mass is 524 g/mol. The molecule has 0 aromatic carbocycles. The van der Waals surface area contributed by atoms with Crippen LogP contribution in [-0.2, 0) is 16.5 Å². The summed E-state index contributed by atoms with van der Waals surface area (Å²) in [4.78, 5) is 25.0. The maximum atomic E-state index is 12.6. The molecule has 3 N–H and O–H groups in total. The number of rotatable bonds is 9. The number of aromatic nitrogens is 4. The largest absolute Gasteiger partial charge is 0.471 e. The highest BCUT2D eigenvalue weighted by Gasteiger charge is 2.58. The molecular formula is C24H34F2N6O5. The molecule has 3 atom stereocenters. The fourth-order valence-corrected chi connectivity index (χ4v) is 5.26. The van der Waals surface area contributed by atoms with E-state index in [2.05, 4.69) is 25.9 Å². The molecule has 6 rings (SSSR count). The molecule has 4 aliphatic rings. The van der Waals surface area contributed by atoms with E-state index in [9.17, 15) is 18.4 Å². The first-order chi connectivity index (χ1) is 17.7. The molecule has 2 amide bonds. The molecule has 13 heteroatoms. The van der Waals surface area contributed by atoms with Gasteiger partial charge in [0.25, 0.3) is 12.3 Å². The van der Waals surface area contributed by atoms with Crippen molar-refractivity contribution in [3.8, 4) is 5.88 Å². The van der Waals surface area contributed by atoms with E-state index in [1.54, 1.807) is 13.2 Å². The number of alkyl halides is 2. The number of nitrogens with zero attached hydrogens (tertiary/aromatic N) is 3. The van der Waals surface area contributed by atoms with Crippen molar-refractivity contribution in [1.29, 1.82) is 0 Å². The number of nitrogens with one attached hydrogen (secondary N) is 3. The summed E-state index contributed by atoms with van der Waals surface area (Å²) in [5, 5.41) is 16.7. The summed E-state index contributed by atoms with van der Waals surface area (Å²) in [7, 11) is 3.10. The quantitative estimate of drug-likeness (QED) is 0.457. The molecule has 0 aliphatic heterocycles. The van der Waals surface area contributed by atoms with Crippen molar-refractivity contribution in [3.63, 3.8) is 0 Å². The zero-order valence-corrected chi connectivity index (χ0v) is 21.4. The lowest BCUT2D eigenvalue weighted by atomic mass is 9.50. The zero-order chi connectivity index (χ0) is 26.7. The van der Waals surface area contributed by atoms with Crippen molar-refractivity contribution in [3.05, 3.63) is 23.5 Å². The Labute approximate surface area is 213 Å².